The molecule has 3 unspecified atom stereocenters. The summed E-state index contributed by atoms with van der Waals surface area (Å²) in [5.74, 6) is -1.92. The van der Waals surface area contributed by atoms with E-state index in [0.29, 0.717) is 36.6 Å². The molecule has 9 heteroatoms. The number of nitrogens with zero attached hydrogens (tertiary/aromatic N) is 1. The molecular weight excluding hydrogens is 522 g/mol. The summed E-state index contributed by atoms with van der Waals surface area (Å²) in [5.41, 5.74) is -1.65. The Hall–Kier alpha value is -1.84. The van der Waals surface area contributed by atoms with Crippen LogP contribution in [0.1, 0.15) is 78.8 Å². The van der Waals surface area contributed by atoms with Gasteiger partial charge in [-0.1, -0.05) is 51.8 Å². The maximum absolute atomic E-state index is 13.7. The average molecular weight is 564 g/mol. The summed E-state index contributed by atoms with van der Waals surface area (Å²) in [7, 11) is 0. The predicted octanol–water partition coefficient (Wildman–Crippen LogP) is 4.44. The summed E-state index contributed by atoms with van der Waals surface area (Å²) in [4.78, 5) is 31.1. The minimum atomic E-state index is -1.32. The molecule has 0 bridgehead atoms. The number of rotatable bonds is 4. The number of ether oxygens (including phenoxy) is 3. The van der Waals surface area contributed by atoms with Crippen molar-refractivity contribution in [2.45, 2.75) is 109 Å². The third-order valence-corrected chi connectivity index (χ3v) is 9.49. The Bertz CT molecular complexity index is 1070. The van der Waals surface area contributed by atoms with E-state index in [1.807, 2.05) is 19.9 Å². The van der Waals surface area contributed by atoms with Crippen molar-refractivity contribution < 1.29 is 34.0 Å². The molecule has 4 rings (SSSR count). The van der Waals surface area contributed by atoms with E-state index >= 15 is 0 Å². The number of carbonyl (C=O) groups excluding carboxylic acids is 2. The van der Waals surface area contributed by atoms with Crippen molar-refractivity contribution in [3.63, 3.8) is 0 Å². The standard InChI is InChI=1S/C30H42ClNO7/c1-6-30-16-21(20(31)14-19-11-7-8-13-32-19)38-24(34)15-23(33)28(3,4)27(36)25(22-17-37-22)26(35)18(2)10-9-12-29(30,5)39-30/h7-8,11,13-14,18,21-23,25-26,33,35H,6,9-10,12,15-17H2,1-5H3/t18-,21-,22?,23-,25-,26+,29?,30?/m0/s1. The van der Waals surface area contributed by atoms with Crippen molar-refractivity contribution in [3.8, 4) is 0 Å². The van der Waals surface area contributed by atoms with Crippen LogP contribution < -0.4 is 0 Å². The van der Waals surface area contributed by atoms with Gasteiger partial charge in [0.2, 0.25) is 0 Å². The van der Waals surface area contributed by atoms with Crippen LogP contribution in [0.5, 0.6) is 0 Å². The fraction of sp³-hybridized carbons (Fsp3) is 0.700. The average Bonchev–Trinajstić information content (AvgIpc) is 3.81. The SMILES string of the molecule is CCC12C[C@@H](C(Cl)=Cc3ccccn3)OC(=O)C[C@H](O)C(C)(C)C(=O)[C@@H](C3CO3)[C@H](O)[C@@H](C)CCCC1(C)O2. The third-order valence-electron chi connectivity index (χ3n) is 9.14. The van der Waals surface area contributed by atoms with Crippen LogP contribution in [0.15, 0.2) is 29.4 Å². The Kier molecular flexibility index (Phi) is 8.94. The van der Waals surface area contributed by atoms with Crippen molar-refractivity contribution >= 4 is 29.4 Å². The fourth-order valence-corrected chi connectivity index (χ4v) is 6.26. The largest absolute Gasteiger partial charge is 0.456 e. The summed E-state index contributed by atoms with van der Waals surface area (Å²) in [6, 6.07) is 5.45. The number of carbonyl (C=O) groups is 2. The van der Waals surface area contributed by atoms with Crippen LogP contribution in [0.4, 0.5) is 0 Å². The molecule has 8 atom stereocenters. The Morgan fingerprint density at radius 3 is 2.56 bits per heavy atom. The second-order valence-electron chi connectivity index (χ2n) is 12.2. The van der Waals surface area contributed by atoms with Gasteiger partial charge in [-0.15, -0.1) is 0 Å². The quantitative estimate of drug-likeness (QED) is 0.407. The first-order chi connectivity index (χ1) is 18.3. The molecule has 4 heterocycles. The number of aliphatic hydroxyl groups is 2. The molecule has 216 valence electrons. The Morgan fingerprint density at radius 2 is 1.95 bits per heavy atom. The molecule has 0 radical (unpaired) electrons. The topological polar surface area (TPSA) is 122 Å². The molecule has 3 saturated heterocycles. The van der Waals surface area contributed by atoms with Crippen LogP contribution in [0.2, 0.25) is 0 Å². The van der Waals surface area contributed by atoms with Gasteiger partial charge in [0.1, 0.15) is 17.5 Å². The molecule has 1 aromatic heterocycles. The number of halogens is 1. The van der Waals surface area contributed by atoms with Crippen molar-refractivity contribution in [2.75, 3.05) is 6.61 Å². The number of fused-ring (bicyclic) bond motifs is 1. The summed E-state index contributed by atoms with van der Waals surface area (Å²) >= 11 is 6.75. The Balaban J connectivity index is 1.65. The highest BCUT2D eigenvalue weighted by Crippen LogP contribution is 2.57. The second-order valence-corrected chi connectivity index (χ2v) is 12.6. The minimum Gasteiger partial charge on any atom is -0.456 e. The predicted molar refractivity (Wildman–Crippen MR) is 147 cm³/mol. The van der Waals surface area contributed by atoms with E-state index < -0.39 is 53.2 Å². The summed E-state index contributed by atoms with van der Waals surface area (Å²) < 4.78 is 17.7. The van der Waals surface area contributed by atoms with Gasteiger partial charge < -0.3 is 24.4 Å². The van der Waals surface area contributed by atoms with E-state index in [2.05, 4.69) is 11.9 Å². The number of epoxide rings is 2. The summed E-state index contributed by atoms with van der Waals surface area (Å²) in [6.45, 7) is 9.64. The first-order valence-electron chi connectivity index (χ1n) is 14.0. The lowest BCUT2D eigenvalue weighted by atomic mass is 9.71. The number of hydrogen-bond acceptors (Lipinski definition) is 8. The van der Waals surface area contributed by atoms with Gasteiger partial charge in [0.05, 0.1) is 59.0 Å². The molecule has 3 aliphatic heterocycles. The van der Waals surface area contributed by atoms with Crippen LogP contribution >= 0.6 is 11.6 Å². The number of cyclic esters (lactones) is 1. The molecule has 8 nitrogen and oxygen atoms in total. The van der Waals surface area contributed by atoms with Gasteiger partial charge >= 0.3 is 5.97 Å². The van der Waals surface area contributed by atoms with Gasteiger partial charge in [0.15, 0.2) is 0 Å². The van der Waals surface area contributed by atoms with Crippen LogP contribution in [0, 0.1) is 17.3 Å². The highest BCUT2D eigenvalue weighted by molar-refractivity contribution is 6.32. The van der Waals surface area contributed by atoms with Crippen LogP contribution in [0.3, 0.4) is 0 Å². The van der Waals surface area contributed by atoms with Gasteiger partial charge in [-0.3, -0.25) is 14.6 Å². The fourth-order valence-electron chi connectivity index (χ4n) is 6.03. The molecule has 1 aromatic rings. The number of pyridine rings is 1. The van der Waals surface area contributed by atoms with E-state index in [0.717, 1.165) is 12.8 Å². The zero-order chi connectivity index (χ0) is 28.6. The van der Waals surface area contributed by atoms with Crippen molar-refractivity contribution in [1.29, 1.82) is 0 Å². The molecule has 0 aliphatic carbocycles. The highest BCUT2D eigenvalue weighted by Gasteiger charge is 2.65. The number of aliphatic hydroxyl groups excluding tert-OH is 2. The molecule has 0 aromatic carbocycles. The third kappa shape index (κ3) is 6.41. The molecule has 2 N–H and O–H groups in total. The van der Waals surface area contributed by atoms with Crippen molar-refractivity contribution in [1.82, 2.24) is 4.98 Å². The highest BCUT2D eigenvalue weighted by atomic mass is 35.5. The number of aromatic nitrogens is 1. The lowest BCUT2D eigenvalue weighted by Gasteiger charge is -2.35. The first-order valence-corrected chi connectivity index (χ1v) is 14.4. The lowest BCUT2D eigenvalue weighted by molar-refractivity contribution is -0.155. The van der Waals surface area contributed by atoms with E-state index in [1.165, 1.54) is 0 Å². The van der Waals surface area contributed by atoms with E-state index in [4.69, 9.17) is 25.8 Å². The van der Waals surface area contributed by atoms with Crippen molar-refractivity contribution in [3.05, 3.63) is 35.1 Å². The smallest absolute Gasteiger partial charge is 0.309 e. The number of Topliss-reactive ketones (excluding diaryl/α,β-unsaturated/α-hetero) is 1. The van der Waals surface area contributed by atoms with Crippen LogP contribution in [-0.4, -0.2) is 69.2 Å². The summed E-state index contributed by atoms with van der Waals surface area (Å²) in [5, 5.41) is 22.6. The maximum Gasteiger partial charge on any atom is 0.309 e. The van der Waals surface area contributed by atoms with Crippen LogP contribution in [0.25, 0.3) is 6.08 Å². The second kappa shape index (κ2) is 11.6. The minimum absolute atomic E-state index is 0.157. The zero-order valence-corrected chi connectivity index (χ0v) is 24.3. The molecule has 39 heavy (non-hydrogen) atoms. The van der Waals surface area contributed by atoms with Crippen LogP contribution in [-0.2, 0) is 23.8 Å². The summed E-state index contributed by atoms with van der Waals surface area (Å²) in [6.07, 6.45) is 2.80. The first kappa shape index (κ1) is 30.1. The van der Waals surface area contributed by atoms with Gasteiger partial charge in [0, 0.05) is 12.6 Å². The molecule has 0 saturated carbocycles. The van der Waals surface area contributed by atoms with E-state index in [-0.39, 0.29) is 17.8 Å². The van der Waals surface area contributed by atoms with Gasteiger partial charge in [-0.2, -0.15) is 0 Å². The molecule has 3 fully saturated rings. The number of esters is 1. The zero-order valence-electron chi connectivity index (χ0n) is 23.6. The number of hydrogen-bond donors (Lipinski definition) is 2. The number of ketones is 1. The molecule has 0 amide bonds. The Morgan fingerprint density at radius 1 is 1.23 bits per heavy atom. The maximum atomic E-state index is 13.7. The van der Waals surface area contributed by atoms with E-state index in [1.54, 1.807) is 38.3 Å². The molecular formula is C30H42ClNO7. The van der Waals surface area contributed by atoms with Crippen molar-refractivity contribution in [2.24, 2.45) is 17.3 Å². The molecule has 0 spiro atoms. The van der Waals surface area contributed by atoms with Gasteiger partial charge in [-0.05, 0) is 50.3 Å². The normalized spacial score (nSPS) is 39.9. The van der Waals surface area contributed by atoms with Gasteiger partial charge in [0.25, 0.3) is 0 Å². The van der Waals surface area contributed by atoms with E-state index in [9.17, 15) is 19.8 Å². The molecule has 3 aliphatic rings. The monoisotopic (exact) mass is 563 g/mol. The lowest BCUT2D eigenvalue weighted by Crippen LogP contribution is -2.48. The van der Waals surface area contributed by atoms with Gasteiger partial charge in [-0.25, -0.2) is 0 Å². The Labute approximate surface area is 236 Å².